The Labute approximate surface area is 124 Å². The van der Waals surface area contributed by atoms with E-state index in [1.165, 1.54) is 17.0 Å². The van der Waals surface area contributed by atoms with Crippen LogP contribution in [-0.2, 0) is 6.42 Å². The van der Waals surface area contributed by atoms with Crippen LogP contribution in [0.4, 0.5) is 10.1 Å². The van der Waals surface area contributed by atoms with Crippen LogP contribution in [-0.4, -0.2) is 17.9 Å². The van der Waals surface area contributed by atoms with Crippen LogP contribution < -0.4 is 4.90 Å². The average Bonchev–Trinajstić information content (AvgIpc) is 2.53. The van der Waals surface area contributed by atoms with Crippen molar-refractivity contribution in [3.05, 3.63) is 59.7 Å². The number of nitrogens with zero attached hydrogens (tertiary/aromatic N) is 2. The van der Waals surface area contributed by atoms with Crippen LogP contribution in [0, 0.1) is 5.82 Å². The predicted molar refractivity (Wildman–Crippen MR) is 82.0 cm³/mol. The number of benzene rings is 1. The number of rotatable bonds is 5. The molecule has 0 aliphatic carbocycles. The van der Waals surface area contributed by atoms with Gasteiger partial charge in [0, 0.05) is 18.9 Å². The molecule has 110 valence electrons. The summed E-state index contributed by atoms with van der Waals surface area (Å²) in [5, 5.41) is 0. The van der Waals surface area contributed by atoms with Gasteiger partial charge in [0.2, 0.25) is 0 Å². The van der Waals surface area contributed by atoms with Crippen LogP contribution >= 0.6 is 0 Å². The van der Waals surface area contributed by atoms with Crippen molar-refractivity contribution in [1.29, 1.82) is 0 Å². The molecule has 0 bridgehead atoms. The minimum atomic E-state index is -0.321. The number of unbranched alkanes of at least 4 members (excludes halogenated alkanes) is 1. The van der Waals surface area contributed by atoms with Gasteiger partial charge in [-0.05, 0) is 48.7 Å². The molecule has 21 heavy (non-hydrogen) atoms. The lowest BCUT2D eigenvalue weighted by Gasteiger charge is -2.16. The van der Waals surface area contributed by atoms with Crippen LogP contribution in [0.1, 0.15) is 35.8 Å². The van der Waals surface area contributed by atoms with Crippen molar-refractivity contribution in [2.45, 2.75) is 26.2 Å². The second-order valence-electron chi connectivity index (χ2n) is 5.00. The Morgan fingerprint density at radius 2 is 1.90 bits per heavy atom. The van der Waals surface area contributed by atoms with E-state index in [2.05, 4.69) is 11.9 Å². The first-order valence-corrected chi connectivity index (χ1v) is 7.10. The molecule has 2 rings (SSSR count). The summed E-state index contributed by atoms with van der Waals surface area (Å²) in [6.45, 7) is 2.14. The van der Waals surface area contributed by atoms with E-state index in [1.54, 1.807) is 31.4 Å². The lowest BCUT2D eigenvalue weighted by Crippen LogP contribution is -2.27. The maximum atomic E-state index is 12.9. The van der Waals surface area contributed by atoms with Crippen molar-refractivity contribution >= 4 is 11.6 Å². The van der Waals surface area contributed by atoms with Gasteiger partial charge in [-0.3, -0.25) is 9.78 Å². The molecule has 0 N–H and O–H groups in total. The normalized spacial score (nSPS) is 10.4. The largest absolute Gasteiger partial charge is 0.310 e. The van der Waals surface area contributed by atoms with Gasteiger partial charge in [-0.1, -0.05) is 19.4 Å². The summed E-state index contributed by atoms with van der Waals surface area (Å²) in [7, 11) is 1.66. The third kappa shape index (κ3) is 3.88. The van der Waals surface area contributed by atoms with Crippen LogP contribution in [0.3, 0.4) is 0 Å². The molecular weight excluding hydrogens is 267 g/mol. The quantitative estimate of drug-likeness (QED) is 0.836. The Hall–Kier alpha value is -2.23. The van der Waals surface area contributed by atoms with Crippen molar-refractivity contribution in [3.8, 4) is 0 Å². The molecule has 1 heterocycles. The molecular formula is C17H19FN2O. The van der Waals surface area contributed by atoms with E-state index in [1.807, 2.05) is 6.07 Å². The summed E-state index contributed by atoms with van der Waals surface area (Å²) in [5.41, 5.74) is 2.16. The molecule has 0 saturated heterocycles. The molecule has 3 nitrogen and oxygen atoms in total. The Balaban J connectivity index is 2.10. The molecule has 2 aromatic rings. The molecule has 4 heteroatoms. The highest BCUT2D eigenvalue weighted by Crippen LogP contribution is 2.15. The van der Waals surface area contributed by atoms with Crippen LogP contribution in [0.25, 0.3) is 0 Å². The monoisotopic (exact) mass is 286 g/mol. The van der Waals surface area contributed by atoms with E-state index in [0.29, 0.717) is 11.4 Å². The third-order valence-electron chi connectivity index (χ3n) is 3.38. The van der Waals surface area contributed by atoms with Gasteiger partial charge in [0.15, 0.2) is 0 Å². The minimum absolute atomic E-state index is 0.205. The topological polar surface area (TPSA) is 33.2 Å². The smallest absolute Gasteiger partial charge is 0.276 e. The Bertz CT molecular complexity index is 593. The molecule has 0 aliphatic heterocycles. The van der Waals surface area contributed by atoms with Gasteiger partial charge in [-0.15, -0.1) is 0 Å². The number of aryl methyl sites for hydroxylation is 1. The Kier molecular flexibility index (Phi) is 5.04. The Morgan fingerprint density at radius 3 is 2.48 bits per heavy atom. The van der Waals surface area contributed by atoms with Gasteiger partial charge in [-0.25, -0.2) is 4.39 Å². The highest BCUT2D eigenvalue weighted by Gasteiger charge is 2.14. The number of carbonyl (C=O) groups excluding carboxylic acids is 1. The summed E-state index contributed by atoms with van der Waals surface area (Å²) in [6, 6.07) is 9.49. The average molecular weight is 286 g/mol. The first-order valence-electron chi connectivity index (χ1n) is 7.10. The van der Waals surface area contributed by atoms with E-state index in [-0.39, 0.29) is 11.7 Å². The zero-order valence-corrected chi connectivity index (χ0v) is 12.3. The third-order valence-corrected chi connectivity index (χ3v) is 3.38. The lowest BCUT2D eigenvalue weighted by atomic mass is 10.1. The molecule has 0 fully saturated rings. The van der Waals surface area contributed by atoms with Crippen molar-refractivity contribution in [2.75, 3.05) is 11.9 Å². The first kappa shape index (κ1) is 15.2. The minimum Gasteiger partial charge on any atom is -0.310 e. The molecule has 1 aromatic carbocycles. The maximum absolute atomic E-state index is 12.9. The fourth-order valence-corrected chi connectivity index (χ4v) is 2.03. The van der Waals surface area contributed by atoms with Crippen molar-refractivity contribution in [1.82, 2.24) is 4.98 Å². The summed E-state index contributed by atoms with van der Waals surface area (Å²) in [5.74, 6) is -0.526. The highest BCUT2D eigenvalue weighted by molar-refractivity contribution is 6.04. The Morgan fingerprint density at radius 1 is 1.19 bits per heavy atom. The molecule has 0 unspecified atom stereocenters. The number of carbonyl (C=O) groups is 1. The van der Waals surface area contributed by atoms with Gasteiger partial charge >= 0.3 is 0 Å². The van der Waals surface area contributed by atoms with E-state index in [4.69, 9.17) is 0 Å². The summed E-state index contributed by atoms with van der Waals surface area (Å²) in [4.78, 5) is 18.0. The molecule has 0 saturated carbocycles. The van der Waals surface area contributed by atoms with Crippen LogP contribution in [0.15, 0.2) is 42.6 Å². The van der Waals surface area contributed by atoms with Crippen LogP contribution in [0.2, 0.25) is 0 Å². The number of anilines is 1. The number of amides is 1. The van der Waals surface area contributed by atoms with Gasteiger partial charge < -0.3 is 4.90 Å². The van der Waals surface area contributed by atoms with Crippen molar-refractivity contribution in [2.24, 2.45) is 0 Å². The first-order chi connectivity index (χ1) is 10.1. The summed E-state index contributed by atoms with van der Waals surface area (Å²) in [6.07, 6.45) is 4.98. The fraction of sp³-hybridized carbons (Fsp3) is 0.294. The van der Waals surface area contributed by atoms with Gasteiger partial charge in [-0.2, -0.15) is 0 Å². The number of aromatic nitrogens is 1. The highest BCUT2D eigenvalue weighted by atomic mass is 19.1. The molecule has 0 aliphatic rings. The number of pyridine rings is 1. The molecule has 0 radical (unpaired) electrons. The lowest BCUT2D eigenvalue weighted by molar-refractivity contribution is 0.0988. The van der Waals surface area contributed by atoms with E-state index >= 15 is 0 Å². The fourth-order valence-electron chi connectivity index (χ4n) is 2.03. The van der Waals surface area contributed by atoms with E-state index in [9.17, 15) is 9.18 Å². The van der Waals surface area contributed by atoms with E-state index in [0.717, 1.165) is 24.8 Å². The maximum Gasteiger partial charge on any atom is 0.276 e. The molecule has 0 atom stereocenters. The van der Waals surface area contributed by atoms with Crippen molar-refractivity contribution in [3.63, 3.8) is 0 Å². The zero-order chi connectivity index (χ0) is 15.2. The second-order valence-corrected chi connectivity index (χ2v) is 5.00. The summed E-state index contributed by atoms with van der Waals surface area (Å²) < 4.78 is 12.9. The zero-order valence-electron chi connectivity index (χ0n) is 12.3. The SMILES string of the molecule is CCCCc1ccc(C(=O)N(C)c2ccc(F)cc2)nc1. The standard InChI is InChI=1S/C17H19FN2O/c1-3-4-5-13-6-11-16(19-12-13)17(21)20(2)15-9-7-14(18)8-10-15/h6-12H,3-5H2,1-2H3. The van der Waals surface area contributed by atoms with E-state index < -0.39 is 0 Å². The molecule has 1 amide bonds. The van der Waals surface area contributed by atoms with Gasteiger partial charge in [0.1, 0.15) is 11.5 Å². The number of halogens is 1. The molecule has 0 spiro atoms. The van der Waals surface area contributed by atoms with Crippen LogP contribution in [0.5, 0.6) is 0 Å². The number of hydrogen-bond donors (Lipinski definition) is 0. The van der Waals surface area contributed by atoms with Gasteiger partial charge in [0.25, 0.3) is 5.91 Å². The second kappa shape index (κ2) is 6.97. The van der Waals surface area contributed by atoms with Crippen molar-refractivity contribution < 1.29 is 9.18 Å². The molecule has 1 aromatic heterocycles. The van der Waals surface area contributed by atoms with Gasteiger partial charge in [0.05, 0.1) is 0 Å². The predicted octanol–water partition coefficient (Wildman–Crippen LogP) is 3.84. The summed E-state index contributed by atoms with van der Waals surface area (Å²) >= 11 is 0. The number of hydrogen-bond acceptors (Lipinski definition) is 2.